The lowest BCUT2D eigenvalue weighted by atomic mass is 10.1. The number of methoxy groups -OCH3 is 1. The molecule has 0 aliphatic heterocycles. The van der Waals surface area contributed by atoms with Crippen LogP contribution in [-0.2, 0) is 20.2 Å². The molecule has 140 valence electrons. The number of aryl methyl sites for hydroxylation is 1. The second kappa shape index (κ2) is 6.99. The average Bonchev–Trinajstić information content (AvgIpc) is 2.52. The lowest BCUT2D eigenvalue weighted by Crippen LogP contribution is -2.08. The number of ether oxygens (including phenoxy) is 1. The third kappa shape index (κ3) is 4.35. The summed E-state index contributed by atoms with van der Waals surface area (Å²) in [6.45, 7) is 1.72. The van der Waals surface area contributed by atoms with E-state index < -0.39 is 30.0 Å². The standard InChI is InChI=1S/C14H15N3O7S2/c1-8-5-10(15)12(24-2)7-11(8)17-16-9-3-4-13(25(18,19)20)14(6-9)26(21,22)23/h3-7H,15H2,1-2H3,(H,18,19,20)(H,21,22,23). The van der Waals surface area contributed by atoms with E-state index >= 15 is 0 Å². The zero-order chi connectivity index (χ0) is 19.7. The summed E-state index contributed by atoms with van der Waals surface area (Å²) in [4.78, 5) is -1.98. The first kappa shape index (κ1) is 19.8. The monoisotopic (exact) mass is 401 g/mol. The first-order chi connectivity index (χ1) is 11.9. The minimum absolute atomic E-state index is 0.0692. The van der Waals surface area contributed by atoms with Gasteiger partial charge < -0.3 is 10.5 Å². The molecule has 0 spiro atoms. The van der Waals surface area contributed by atoms with Crippen LogP contribution in [0.5, 0.6) is 5.75 Å². The van der Waals surface area contributed by atoms with Gasteiger partial charge in [0.25, 0.3) is 20.2 Å². The van der Waals surface area contributed by atoms with Gasteiger partial charge in [0.2, 0.25) is 0 Å². The Morgan fingerprint density at radius 1 is 0.962 bits per heavy atom. The molecule has 0 atom stereocenters. The summed E-state index contributed by atoms with van der Waals surface area (Å²) < 4.78 is 68.6. The zero-order valence-corrected chi connectivity index (χ0v) is 15.2. The molecule has 2 rings (SSSR count). The van der Waals surface area contributed by atoms with Gasteiger partial charge in [-0.05, 0) is 36.8 Å². The van der Waals surface area contributed by atoms with E-state index in [2.05, 4.69) is 10.2 Å². The predicted octanol–water partition coefficient (Wildman–Crippen LogP) is 2.49. The van der Waals surface area contributed by atoms with Crippen molar-refractivity contribution in [2.45, 2.75) is 16.7 Å². The summed E-state index contributed by atoms with van der Waals surface area (Å²) >= 11 is 0. The number of nitrogens with two attached hydrogens (primary N) is 1. The van der Waals surface area contributed by atoms with Crippen LogP contribution in [0.25, 0.3) is 0 Å². The highest BCUT2D eigenvalue weighted by atomic mass is 32.2. The van der Waals surface area contributed by atoms with Crippen LogP contribution in [0.2, 0.25) is 0 Å². The van der Waals surface area contributed by atoms with E-state index in [9.17, 15) is 21.4 Å². The van der Waals surface area contributed by atoms with Gasteiger partial charge in [-0.25, -0.2) is 0 Å². The quantitative estimate of drug-likeness (QED) is 0.390. The molecule has 0 saturated carbocycles. The molecule has 10 nitrogen and oxygen atoms in total. The van der Waals surface area contributed by atoms with Crippen LogP contribution in [0.3, 0.4) is 0 Å². The number of anilines is 1. The van der Waals surface area contributed by atoms with Crippen molar-refractivity contribution >= 4 is 37.3 Å². The van der Waals surface area contributed by atoms with Gasteiger partial charge in [0.15, 0.2) is 0 Å². The molecule has 26 heavy (non-hydrogen) atoms. The van der Waals surface area contributed by atoms with Crippen molar-refractivity contribution in [2.75, 3.05) is 12.8 Å². The molecule has 4 N–H and O–H groups in total. The number of hydrogen-bond acceptors (Lipinski definition) is 8. The van der Waals surface area contributed by atoms with Gasteiger partial charge >= 0.3 is 0 Å². The maximum atomic E-state index is 11.4. The number of azo groups is 1. The molecule has 0 radical (unpaired) electrons. The van der Waals surface area contributed by atoms with Crippen LogP contribution in [0, 0.1) is 6.92 Å². The first-order valence-electron chi connectivity index (χ1n) is 6.88. The van der Waals surface area contributed by atoms with Crippen molar-refractivity contribution in [2.24, 2.45) is 10.2 Å². The van der Waals surface area contributed by atoms with E-state index in [-0.39, 0.29) is 5.69 Å². The van der Waals surface area contributed by atoms with Crippen molar-refractivity contribution in [1.29, 1.82) is 0 Å². The summed E-state index contributed by atoms with van der Waals surface area (Å²) in [6, 6.07) is 5.81. The number of nitrogens with zero attached hydrogens (tertiary/aromatic N) is 2. The Morgan fingerprint density at radius 2 is 1.58 bits per heavy atom. The summed E-state index contributed by atoms with van der Waals surface area (Å²) in [5.41, 5.74) is 7.13. The Morgan fingerprint density at radius 3 is 2.12 bits per heavy atom. The van der Waals surface area contributed by atoms with E-state index in [4.69, 9.17) is 15.0 Å². The molecule has 0 bridgehead atoms. The number of hydrogen-bond donors (Lipinski definition) is 3. The van der Waals surface area contributed by atoms with Gasteiger partial charge in [-0.1, -0.05) is 0 Å². The SMILES string of the molecule is COc1cc(N=Nc2ccc(S(=O)(=O)O)c(S(=O)(=O)O)c2)c(C)cc1N. The van der Waals surface area contributed by atoms with Crippen LogP contribution in [0.15, 0.2) is 50.4 Å². The second-order valence-corrected chi connectivity index (χ2v) is 7.94. The van der Waals surface area contributed by atoms with Crippen molar-refractivity contribution in [3.8, 4) is 5.75 Å². The van der Waals surface area contributed by atoms with Gasteiger partial charge in [-0.15, -0.1) is 0 Å². The predicted molar refractivity (Wildman–Crippen MR) is 92.4 cm³/mol. The van der Waals surface area contributed by atoms with E-state index in [1.54, 1.807) is 13.0 Å². The highest BCUT2D eigenvalue weighted by molar-refractivity contribution is 7.89. The Kier molecular flexibility index (Phi) is 5.32. The van der Waals surface area contributed by atoms with E-state index in [0.717, 1.165) is 18.2 Å². The van der Waals surface area contributed by atoms with Crippen molar-refractivity contribution in [3.63, 3.8) is 0 Å². The maximum absolute atomic E-state index is 11.4. The number of benzene rings is 2. The van der Waals surface area contributed by atoms with E-state index in [0.29, 0.717) is 22.7 Å². The normalized spacial score (nSPS) is 12.5. The summed E-state index contributed by atoms with van der Waals surface area (Å²) in [7, 11) is -8.36. The smallest absolute Gasteiger partial charge is 0.295 e. The molecular formula is C14H15N3O7S2. The second-order valence-electron chi connectivity index (χ2n) is 5.16. The molecule has 0 heterocycles. The molecule has 2 aromatic rings. The van der Waals surface area contributed by atoms with Gasteiger partial charge in [0.05, 0.1) is 24.2 Å². The largest absolute Gasteiger partial charge is 0.495 e. The van der Waals surface area contributed by atoms with Gasteiger partial charge in [0, 0.05) is 6.07 Å². The Labute approximate surface area is 149 Å². The van der Waals surface area contributed by atoms with Crippen LogP contribution < -0.4 is 10.5 Å². The zero-order valence-electron chi connectivity index (χ0n) is 13.6. The lowest BCUT2D eigenvalue weighted by molar-refractivity contribution is 0.417. The molecular weight excluding hydrogens is 386 g/mol. The molecule has 0 amide bonds. The van der Waals surface area contributed by atoms with Gasteiger partial charge in [-0.2, -0.15) is 27.1 Å². The lowest BCUT2D eigenvalue weighted by Gasteiger charge is -2.07. The highest BCUT2D eigenvalue weighted by Gasteiger charge is 2.24. The first-order valence-corrected chi connectivity index (χ1v) is 9.76. The molecule has 0 fully saturated rings. The maximum Gasteiger partial charge on any atom is 0.295 e. The number of rotatable bonds is 5. The van der Waals surface area contributed by atoms with Crippen LogP contribution in [-0.4, -0.2) is 33.1 Å². The minimum Gasteiger partial charge on any atom is -0.495 e. The van der Waals surface area contributed by atoms with Crippen LogP contribution in [0.1, 0.15) is 5.56 Å². The summed E-state index contributed by atoms with van der Waals surface area (Å²) in [5.74, 6) is 0.366. The van der Waals surface area contributed by atoms with Gasteiger partial charge in [-0.3, -0.25) is 9.11 Å². The minimum atomic E-state index is -4.92. The highest BCUT2D eigenvalue weighted by Crippen LogP contribution is 2.32. The fourth-order valence-electron chi connectivity index (χ4n) is 2.07. The molecule has 0 aromatic heterocycles. The van der Waals surface area contributed by atoms with Crippen molar-refractivity contribution in [1.82, 2.24) is 0 Å². The van der Waals surface area contributed by atoms with Crippen molar-refractivity contribution in [3.05, 3.63) is 35.9 Å². The Balaban J connectivity index is 2.53. The summed E-state index contributed by atoms with van der Waals surface area (Å²) in [5, 5.41) is 7.76. The molecule has 0 aliphatic rings. The molecule has 12 heteroatoms. The fourth-order valence-corrected chi connectivity index (χ4v) is 3.85. The third-order valence-electron chi connectivity index (χ3n) is 3.30. The fraction of sp³-hybridized carbons (Fsp3) is 0.143. The Hall–Kier alpha value is -2.54. The van der Waals surface area contributed by atoms with E-state index in [1.165, 1.54) is 13.2 Å². The topological polar surface area (TPSA) is 169 Å². The van der Waals surface area contributed by atoms with E-state index in [1.807, 2.05) is 0 Å². The molecule has 0 aliphatic carbocycles. The summed E-state index contributed by atoms with van der Waals surface area (Å²) in [6.07, 6.45) is 0. The molecule has 2 aromatic carbocycles. The molecule has 0 unspecified atom stereocenters. The van der Waals surface area contributed by atoms with Crippen molar-refractivity contribution < 1.29 is 30.7 Å². The van der Waals surface area contributed by atoms with Gasteiger partial charge in [0.1, 0.15) is 15.5 Å². The third-order valence-corrected chi connectivity index (χ3v) is 5.24. The Bertz CT molecular complexity index is 1090. The average molecular weight is 401 g/mol. The van der Waals surface area contributed by atoms with Crippen LogP contribution >= 0.6 is 0 Å². The molecule has 0 saturated heterocycles. The number of nitrogen functional groups attached to an aromatic ring is 1. The van der Waals surface area contributed by atoms with Crippen LogP contribution in [0.4, 0.5) is 17.1 Å².